The minimum Gasteiger partial charge on any atom is -0.463 e. The van der Waals surface area contributed by atoms with Gasteiger partial charge in [-0.15, -0.1) is 0 Å². The first-order valence-corrected chi connectivity index (χ1v) is 12.7. The molecule has 5 heteroatoms. The largest absolute Gasteiger partial charge is 0.463 e. The van der Waals surface area contributed by atoms with Gasteiger partial charge in [0.25, 0.3) is 0 Å². The lowest BCUT2D eigenvalue weighted by Crippen LogP contribution is -2.55. The summed E-state index contributed by atoms with van der Waals surface area (Å²) in [5, 5.41) is 0.0626. The van der Waals surface area contributed by atoms with Crippen molar-refractivity contribution >= 4 is 14.3 Å². The number of hydrogen-bond acceptors (Lipinski definition) is 4. The number of rotatable bonds is 4. The molecule has 1 aliphatic heterocycles. The second-order valence-electron chi connectivity index (χ2n) is 9.23. The normalized spacial score (nSPS) is 28.1. The van der Waals surface area contributed by atoms with Gasteiger partial charge in [-0.3, -0.25) is 0 Å². The lowest BCUT2D eigenvalue weighted by molar-refractivity contribution is -0.205. The van der Waals surface area contributed by atoms with E-state index in [2.05, 4.69) is 46.0 Å². The van der Waals surface area contributed by atoms with Crippen molar-refractivity contribution in [2.75, 3.05) is 7.11 Å². The molecule has 27 heavy (non-hydrogen) atoms. The molecule has 4 nitrogen and oxygen atoms in total. The van der Waals surface area contributed by atoms with Gasteiger partial charge in [0.15, 0.2) is 8.32 Å². The number of fused-ring (bicyclic) bond motifs is 1. The maximum absolute atomic E-state index is 12.4. The van der Waals surface area contributed by atoms with Crippen LogP contribution < -0.4 is 0 Å². The Balaban J connectivity index is 2.05. The summed E-state index contributed by atoms with van der Waals surface area (Å²) in [6.07, 6.45) is 4.80. The van der Waals surface area contributed by atoms with Gasteiger partial charge in [-0.25, -0.2) is 4.79 Å². The maximum Gasteiger partial charge on any atom is 0.373 e. The topological polar surface area (TPSA) is 44.8 Å². The summed E-state index contributed by atoms with van der Waals surface area (Å²) in [7, 11) is -0.702. The first-order valence-electron chi connectivity index (χ1n) is 9.84. The van der Waals surface area contributed by atoms with Crippen LogP contribution in [-0.2, 0) is 18.7 Å². The summed E-state index contributed by atoms with van der Waals surface area (Å²) in [6.45, 7) is 11.2. The van der Waals surface area contributed by atoms with Gasteiger partial charge in [0, 0.05) is 18.3 Å². The van der Waals surface area contributed by atoms with E-state index in [1.807, 2.05) is 24.3 Å². The monoisotopic (exact) mass is 388 g/mol. The summed E-state index contributed by atoms with van der Waals surface area (Å²) < 4.78 is 18.2. The highest BCUT2D eigenvalue weighted by atomic mass is 28.4. The number of esters is 1. The zero-order chi connectivity index (χ0) is 19.9. The summed E-state index contributed by atoms with van der Waals surface area (Å²) in [5.74, 6) is -0.617. The number of carbonyl (C=O) groups excluding carboxylic acids is 1. The minimum atomic E-state index is -2.10. The van der Waals surface area contributed by atoms with Crippen LogP contribution >= 0.6 is 0 Å². The molecule has 1 aromatic carbocycles. The second kappa shape index (κ2) is 7.10. The molecule has 1 saturated carbocycles. The third kappa shape index (κ3) is 3.72. The lowest BCUT2D eigenvalue weighted by Gasteiger charge is -2.49. The molecule has 0 amide bonds. The van der Waals surface area contributed by atoms with Gasteiger partial charge < -0.3 is 13.9 Å². The predicted octanol–water partition coefficient (Wildman–Crippen LogP) is 5.38. The molecule has 0 unspecified atom stereocenters. The molecule has 0 bridgehead atoms. The van der Waals surface area contributed by atoms with Crippen LogP contribution in [0, 0.1) is 5.92 Å². The van der Waals surface area contributed by atoms with E-state index in [0.717, 1.165) is 19.3 Å². The van der Waals surface area contributed by atoms with Crippen LogP contribution in [0.2, 0.25) is 18.1 Å². The molecule has 0 aromatic heterocycles. The highest BCUT2D eigenvalue weighted by Gasteiger charge is 2.57. The van der Waals surface area contributed by atoms with Crippen molar-refractivity contribution in [3.8, 4) is 0 Å². The Labute approximate surface area is 164 Å². The van der Waals surface area contributed by atoms with Gasteiger partial charge >= 0.3 is 5.97 Å². The maximum atomic E-state index is 12.4. The molecule has 2 aliphatic rings. The van der Waals surface area contributed by atoms with Crippen LogP contribution in [0.5, 0.6) is 0 Å². The molecule has 1 fully saturated rings. The molecule has 1 heterocycles. The Morgan fingerprint density at radius 2 is 1.89 bits per heavy atom. The van der Waals surface area contributed by atoms with E-state index < -0.39 is 20.1 Å². The van der Waals surface area contributed by atoms with Crippen molar-refractivity contribution in [2.24, 2.45) is 5.92 Å². The molecule has 3 rings (SSSR count). The van der Waals surface area contributed by atoms with Gasteiger partial charge in [-0.1, -0.05) is 51.1 Å². The number of methoxy groups -OCH3 is 1. The van der Waals surface area contributed by atoms with Crippen molar-refractivity contribution in [1.82, 2.24) is 0 Å². The average Bonchev–Trinajstić information content (AvgIpc) is 3.02. The Hall–Kier alpha value is -1.59. The molecule has 148 valence electrons. The fraction of sp³-hybridized carbons (Fsp3) is 0.591. The van der Waals surface area contributed by atoms with Gasteiger partial charge in [0.1, 0.15) is 0 Å². The molecular formula is C22H32O4Si. The molecule has 0 radical (unpaired) electrons. The molecule has 1 aliphatic carbocycles. The molecule has 0 spiro atoms. The van der Waals surface area contributed by atoms with Gasteiger partial charge in [-0.2, -0.15) is 0 Å². The first-order chi connectivity index (χ1) is 12.6. The van der Waals surface area contributed by atoms with Crippen LogP contribution in [0.1, 0.15) is 51.5 Å². The highest BCUT2D eigenvalue weighted by Crippen LogP contribution is 2.54. The molecular weight excluding hydrogens is 356 g/mol. The van der Waals surface area contributed by atoms with Crippen molar-refractivity contribution < 1.29 is 18.7 Å². The van der Waals surface area contributed by atoms with Gasteiger partial charge in [0.2, 0.25) is 11.5 Å². The van der Waals surface area contributed by atoms with Crippen molar-refractivity contribution in [2.45, 2.75) is 69.9 Å². The fourth-order valence-electron chi connectivity index (χ4n) is 4.00. The molecule has 0 saturated heterocycles. The fourth-order valence-corrected chi connectivity index (χ4v) is 5.46. The van der Waals surface area contributed by atoms with Crippen LogP contribution in [0.25, 0.3) is 0 Å². The van der Waals surface area contributed by atoms with Gasteiger partial charge in [0.05, 0.1) is 7.11 Å². The van der Waals surface area contributed by atoms with Crippen molar-refractivity contribution in [1.29, 1.82) is 0 Å². The smallest absolute Gasteiger partial charge is 0.373 e. The van der Waals surface area contributed by atoms with E-state index in [4.69, 9.17) is 13.9 Å². The van der Waals surface area contributed by atoms with E-state index in [9.17, 15) is 4.79 Å². The van der Waals surface area contributed by atoms with E-state index in [0.29, 0.717) is 0 Å². The lowest BCUT2D eigenvalue weighted by atomic mass is 9.80. The third-order valence-corrected chi connectivity index (χ3v) is 10.9. The van der Waals surface area contributed by atoms with E-state index >= 15 is 0 Å². The van der Waals surface area contributed by atoms with Crippen LogP contribution in [0.4, 0.5) is 0 Å². The van der Waals surface area contributed by atoms with Crippen LogP contribution in [0.15, 0.2) is 42.2 Å². The van der Waals surface area contributed by atoms with E-state index in [1.54, 1.807) is 0 Å². The number of allylic oxidation sites excluding steroid dienone is 1. The quantitative estimate of drug-likeness (QED) is 0.513. The van der Waals surface area contributed by atoms with Crippen molar-refractivity contribution in [3.05, 3.63) is 47.7 Å². The minimum absolute atomic E-state index is 0.0626. The van der Waals surface area contributed by atoms with E-state index in [1.165, 1.54) is 12.7 Å². The van der Waals surface area contributed by atoms with Crippen LogP contribution in [0.3, 0.4) is 0 Å². The number of hydrogen-bond donors (Lipinski definition) is 0. The average molecular weight is 389 g/mol. The van der Waals surface area contributed by atoms with E-state index in [-0.39, 0.29) is 22.6 Å². The zero-order valence-electron chi connectivity index (χ0n) is 17.4. The number of benzene rings is 1. The molecule has 3 atom stereocenters. The third-order valence-electron chi connectivity index (χ3n) is 6.46. The highest BCUT2D eigenvalue weighted by molar-refractivity contribution is 6.74. The Bertz CT molecular complexity index is 720. The summed E-state index contributed by atoms with van der Waals surface area (Å²) >= 11 is 0. The Morgan fingerprint density at radius 3 is 2.48 bits per heavy atom. The van der Waals surface area contributed by atoms with Crippen molar-refractivity contribution in [3.63, 3.8) is 0 Å². The zero-order valence-corrected chi connectivity index (χ0v) is 18.4. The summed E-state index contributed by atoms with van der Waals surface area (Å²) in [6, 6.07) is 10.3. The molecule has 0 N–H and O–H groups in total. The first kappa shape index (κ1) is 20.1. The SMILES string of the molecule is COC(=O)C1=C[C@H](c2ccccc2)[C@H]2CCC[C@@]2(O[Si](C)(C)C(C)(C)C)O1. The second-order valence-corrected chi connectivity index (χ2v) is 14.0. The Morgan fingerprint density at radius 1 is 1.22 bits per heavy atom. The predicted molar refractivity (Wildman–Crippen MR) is 109 cm³/mol. The summed E-state index contributed by atoms with van der Waals surface area (Å²) in [4.78, 5) is 12.4. The standard InChI is InChI=1S/C22H32O4Si/c1-21(2,3)27(5,6)26-22-14-10-13-18(22)17(16-11-8-7-9-12-16)15-19(25-22)20(23)24-4/h7-9,11-12,15,17-18H,10,13-14H2,1-6H3/t17-,18-,22+/m1/s1. The van der Waals surface area contributed by atoms with Crippen LogP contribution in [-0.4, -0.2) is 27.2 Å². The van der Waals surface area contributed by atoms with Gasteiger partial charge in [-0.05, 0) is 42.6 Å². The number of carbonyl (C=O) groups is 1. The Kier molecular flexibility index (Phi) is 5.30. The summed E-state index contributed by atoms with van der Waals surface area (Å²) in [5.41, 5.74) is 1.19. The molecule has 1 aromatic rings. The number of ether oxygens (including phenoxy) is 2.